The van der Waals surface area contributed by atoms with Crippen LogP contribution in [0, 0.1) is 0 Å². The van der Waals surface area contributed by atoms with Crippen LogP contribution in [0.2, 0.25) is 0 Å². The van der Waals surface area contributed by atoms with Crippen molar-refractivity contribution in [2.45, 2.75) is 37.6 Å². The number of alkyl halides is 1. The molecule has 13 nitrogen and oxygen atoms in total. The Morgan fingerprint density at radius 1 is 1.32 bits per heavy atom. The molecule has 4 atom stereocenters. The maximum Gasteiger partial charge on any atom is 0.509 e. The molecule has 0 radical (unpaired) electrons. The number of hydrogen-bond acceptors (Lipinski definition) is 10. The highest BCUT2D eigenvalue weighted by Crippen LogP contribution is 2.44. The number of aliphatic hydroxyl groups excluding tert-OH is 1. The van der Waals surface area contributed by atoms with E-state index < -0.39 is 43.0 Å². The lowest BCUT2D eigenvalue weighted by atomic mass is 9.98. The first-order valence-corrected chi connectivity index (χ1v) is 10.0. The first-order chi connectivity index (χ1) is 16.2. The molecule has 0 aliphatic carbocycles. The third-order valence-electron chi connectivity index (χ3n) is 5.20. The molecule has 1 aliphatic rings. The first-order valence-electron chi connectivity index (χ1n) is 10.0. The molecule has 1 fully saturated rings. The summed E-state index contributed by atoms with van der Waals surface area (Å²) in [5.74, 6) is -0.504. The van der Waals surface area contributed by atoms with Crippen LogP contribution in [-0.2, 0) is 20.8 Å². The number of carbonyl (C=O) groups is 2. The Labute approximate surface area is 191 Å². The number of nitrogens with one attached hydrogen (secondary N) is 1. The number of ether oxygens (including phenoxy) is 3. The van der Waals surface area contributed by atoms with Gasteiger partial charge in [-0.15, -0.1) is 0 Å². The van der Waals surface area contributed by atoms with Crippen LogP contribution in [0.1, 0.15) is 18.7 Å². The molecule has 5 N–H and O–H groups in total. The Morgan fingerprint density at radius 3 is 2.74 bits per heavy atom. The number of hydrogen-bond donors (Lipinski definition) is 4. The lowest BCUT2D eigenvalue weighted by Gasteiger charge is -2.27. The molecule has 3 heterocycles. The molecule has 0 saturated carbocycles. The molecule has 1 amide bonds. The van der Waals surface area contributed by atoms with E-state index in [2.05, 4.69) is 15.0 Å². The smallest absolute Gasteiger partial charge is 0.465 e. The van der Waals surface area contributed by atoms with Crippen molar-refractivity contribution in [3.63, 3.8) is 0 Å². The lowest BCUT2D eigenvalue weighted by Crippen LogP contribution is -2.44. The molecule has 1 saturated heterocycles. The molecule has 1 aliphatic heterocycles. The Kier molecular flexibility index (Phi) is 6.17. The van der Waals surface area contributed by atoms with Gasteiger partial charge in [-0.25, -0.2) is 19.0 Å². The molecular weight excluding hydrogens is 455 g/mol. The van der Waals surface area contributed by atoms with Crippen molar-refractivity contribution >= 4 is 35.2 Å². The largest absolute Gasteiger partial charge is 0.509 e. The quantitative estimate of drug-likeness (QED) is 0.381. The Bertz CT molecular complexity index is 1200. The standard InChI is InChI=1S/C20H21FN6O7/c1-20(21)13(34-19(31)32-8-10-5-3-2-4-6-10)11(7-28)33-16(20)27-9-23-12-14(25-18(29)30)24-17(22)26-15(12)27/h2-6,9,11,13,16,28H,7-8H2,1H3,(H,29,30)(H3,22,24,25,26)/t11-,13-,16-,20+/m1/s1. The number of rotatable bonds is 6. The number of carbonyl (C=O) groups excluding carboxylic acids is 1. The van der Waals surface area contributed by atoms with Crippen molar-refractivity contribution < 1.29 is 38.4 Å². The van der Waals surface area contributed by atoms with Crippen LogP contribution in [-0.4, -0.2) is 66.5 Å². The molecule has 1 aromatic carbocycles. The van der Waals surface area contributed by atoms with Crippen LogP contribution >= 0.6 is 0 Å². The van der Waals surface area contributed by atoms with Crippen molar-refractivity contribution in [2.24, 2.45) is 0 Å². The summed E-state index contributed by atoms with van der Waals surface area (Å²) >= 11 is 0. The van der Waals surface area contributed by atoms with Gasteiger partial charge >= 0.3 is 12.2 Å². The summed E-state index contributed by atoms with van der Waals surface area (Å²) in [5.41, 5.74) is 3.94. The van der Waals surface area contributed by atoms with E-state index >= 15 is 4.39 Å². The molecule has 4 rings (SSSR count). The number of nitrogen functional groups attached to an aromatic ring is 1. The van der Waals surface area contributed by atoms with Gasteiger partial charge in [0.05, 0.1) is 12.9 Å². The molecule has 180 valence electrons. The normalized spacial score (nSPS) is 24.1. The van der Waals surface area contributed by atoms with E-state index in [9.17, 15) is 14.7 Å². The fraction of sp³-hybridized carbons (Fsp3) is 0.350. The van der Waals surface area contributed by atoms with E-state index in [0.717, 1.165) is 17.8 Å². The highest BCUT2D eigenvalue weighted by atomic mass is 19.1. The summed E-state index contributed by atoms with van der Waals surface area (Å²) in [6.45, 7) is 0.364. The number of fused-ring (bicyclic) bond motifs is 1. The van der Waals surface area contributed by atoms with Gasteiger partial charge in [0.1, 0.15) is 12.7 Å². The molecule has 14 heteroatoms. The second-order valence-corrected chi connectivity index (χ2v) is 7.61. The van der Waals surface area contributed by atoms with E-state index in [1.165, 1.54) is 0 Å². The summed E-state index contributed by atoms with van der Waals surface area (Å²) in [7, 11) is 0. The van der Waals surface area contributed by atoms with Gasteiger partial charge in [-0.2, -0.15) is 9.97 Å². The van der Waals surface area contributed by atoms with Crippen molar-refractivity contribution in [1.29, 1.82) is 0 Å². The van der Waals surface area contributed by atoms with Gasteiger partial charge in [-0.3, -0.25) is 9.88 Å². The van der Waals surface area contributed by atoms with Gasteiger partial charge < -0.3 is 30.2 Å². The summed E-state index contributed by atoms with van der Waals surface area (Å²) in [4.78, 5) is 35.1. The molecule has 0 unspecified atom stereocenters. The third kappa shape index (κ3) is 4.40. The average Bonchev–Trinajstić information content (AvgIpc) is 3.31. The van der Waals surface area contributed by atoms with Crippen LogP contribution in [0.5, 0.6) is 0 Å². The number of anilines is 2. The van der Waals surface area contributed by atoms with Crippen LogP contribution in [0.4, 0.5) is 25.7 Å². The summed E-state index contributed by atoms with van der Waals surface area (Å²) in [6, 6.07) is 8.81. The number of aromatic nitrogens is 4. The average molecular weight is 476 g/mol. The van der Waals surface area contributed by atoms with Gasteiger partial charge in [-0.05, 0) is 12.5 Å². The minimum Gasteiger partial charge on any atom is -0.465 e. The highest BCUT2D eigenvalue weighted by Gasteiger charge is 2.58. The van der Waals surface area contributed by atoms with Crippen molar-refractivity contribution in [1.82, 2.24) is 19.5 Å². The summed E-state index contributed by atoms with van der Waals surface area (Å²) < 4.78 is 33.0. The predicted molar refractivity (Wildman–Crippen MR) is 113 cm³/mol. The molecule has 34 heavy (non-hydrogen) atoms. The van der Waals surface area contributed by atoms with E-state index in [0.29, 0.717) is 5.56 Å². The SMILES string of the molecule is C[C@]1(F)[C@H](OC(=O)OCc2ccccc2)[C@@H](CO)O[C@H]1n1cnc2c(NC(=O)O)nc(N)nc21. The zero-order chi connectivity index (χ0) is 24.5. The topological polar surface area (TPSA) is 184 Å². The fourth-order valence-corrected chi connectivity index (χ4v) is 3.69. The number of carboxylic acid groups (broad SMARTS) is 1. The number of nitrogens with two attached hydrogens (primary N) is 1. The van der Waals surface area contributed by atoms with Gasteiger partial charge in [-0.1, -0.05) is 30.3 Å². The maximum absolute atomic E-state index is 16.0. The van der Waals surface area contributed by atoms with E-state index in [1.807, 2.05) is 5.32 Å². The predicted octanol–water partition coefficient (Wildman–Crippen LogP) is 1.84. The maximum atomic E-state index is 16.0. The Morgan fingerprint density at radius 2 is 2.06 bits per heavy atom. The van der Waals surface area contributed by atoms with E-state index in [1.54, 1.807) is 30.3 Å². The summed E-state index contributed by atoms with van der Waals surface area (Å²) in [6.07, 6.45) is -5.65. The fourth-order valence-electron chi connectivity index (χ4n) is 3.69. The van der Waals surface area contributed by atoms with Crippen LogP contribution in [0.15, 0.2) is 36.7 Å². The number of halogens is 1. The molecule has 3 aromatic rings. The number of imidazole rings is 1. The summed E-state index contributed by atoms with van der Waals surface area (Å²) in [5, 5.41) is 20.8. The van der Waals surface area contributed by atoms with Gasteiger partial charge in [0.25, 0.3) is 0 Å². The van der Waals surface area contributed by atoms with Gasteiger partial charge in [0.2, 0.25) is 5.95 Å². The van der Waals surface area contributed by atoms with Crippen LogP contribution in [0.25, 0.3) is 11.2 Å². The zero-order valence-electron chi connectivity index (χ0n) is 17.8. The number of benzene rings is 1. The zero-order valence-corrected chi connectivity index (χ0v) is 17.8. The van der Waals surface area contributed by atoms with Crippen molar-refractivity contribution in [2.75, 3.05) is 17.7 Å². The minimum absolute atomic E-state index is 0.0109. The third-order valence-corrected chi connectivity index (χ3v) is 5.20. The number of nitrogens with zero attached hydrogens (tertiary/aromatic N) is 4. The second-order valence-electron chi connectivity index (χ2n) is 7.61. The van der Waals surface area contributed by atoms with Crippen molar-refractivity contribution in [3.05, 3.63) is 42.2 Å². The highest BCUT2D eigenvalue weighted by molar-refractivity contribution is 5.93. The van der Waals surface area contributed by atoms with Crippen LogP contribution < -0.4 is 11.1 Å². The Hall–Kier alpha value is -4.04. The second kappa shape index (κ2) is 9.07. The van der Waals surface area contributed by atoms with Crippen molar-refractivity contribution in [3.8, 4) is 0 Å². The van der Waals surface area contributed by atoms with Crippen LogP contribution in [0.3, 0.4) is 0 Å². The minimum atomic E-state index is -2.38. The molecule has 0 spiro atoms. The molecular formula is C20H21FN6O7. The molecule has 0 bridgehead atoms. The number of amides is 1. The van der Waals surface area contributed by atoms with E-state index in [-0.39, 0.29) is 29.5 Å². The molecule has 2 aromatic heterocycles. The monoisotopic (exact) mass is 476 g/mol. The number of aliphatic hydroxyl groups is 1. The lowest BCUT2D eigenvalue weighted by molar-refractivity contribution is -0.0575. The first kappa shape index (κ1) is 23.1. The van der Waals surface area contributed by atoms with Gasteiger partial charge in [0.15, 0.2) is 35.0 Å². The van der Waals surface area contributed by atoms with Gasteiger partial charge in [0, 0.05) is 0 Å². The Balaban J connectivity index is 1.58. The van der Waals surface area contributed by atoms with E-state index in [4.69, 9.17) is 25.1 Å².